The van der Waals surface area contributed by atoms with Crippen LogP contribution in [0.2, 0.25) is 5.02 Å². The van der Waals surface area contributed by atoms with Crippen molar-refractivity contribution < 1.29 is 19.1 Å². The van der Waals surface area contributed by atoms with Crippen LogP contribution in [0.5, 0.6) is 0 Å². The Kier molecular flexibility index (Phi) is 5.13. The third-order valence-electron chi connectivity index (χ3n) is 2.09. The molecule has 0 fully saturated rings. The lowest BCUT2D eigenvalue weighted by Crippen LogP contribution is -2.32. The Hall–Kier alpha value is -2.28. The van der Waals surface area contributed by atoms with E-state index in [1.165, 1.54) is 25.3 Å². The van der Waals surface area contributed by atoms with Gasteiger partial charge < -0.3 is 21.1 Å². The summed E-state index contributed by atoms with van der Waals surface area (Å²) in [5.41, 5.74) is 5.56. The molecule has 0 radical (unpaired) electrons. The summed E-state index contributed by atoms with van der Waals surface area (Å²) in [6.45, 7) is -0.263. The minimum absolute atomic E-state index is 0.0976. The zero-order valence-electron chi connectivity index (χ0n) is 10.0. The summed E-state index contributed by atoms with van der Waals surface area (Å²) in [7, 11) is 1.19. The largest absolute Gasteiger partial charge is 0.453 e. The molecule has 0 unspecified atom stereocenters. The predicted molar refractivity (Wildman–Crippen MR) is 69.0 cm³/mol. The number of hydrogen-bond acceptors (Lipinski definition) is 4. The maximum Gasteiger partial charge on any atom is 0.407 e. The summed E-state index contributed by atoms with van der Waals surface area (Å²) in [5.74, 6) is -1.18. The average Bonchev–Trinajstić information content (AvgIpc) is 2.37. The van der Waals surface area contributed by atoms with Gasteiger partial charge in [-0.3, -0.25) is 9.59 Å². The van der Waals surface area contributed by atoms with Crippen molar-refractivity contribution in [1.82, 2.24) is 5.32 Å². The highest BCUT2D eigenvalue weighted by Crippen LogP contribution is 2.19. The summed E-state index contributed by atoms with van der Waals surface area (Å²) < 4.78 is 4.31. The van der Waals surface area contributed by atoms with Crippen LogP contribution in [0.25, 0.3) is 0 Å². The van der Waals surface area contributed by atoms with E-state index in [1.54, 1.807) is 0 Å². The van der Waals surface area contributed by atoms with Crippen molar-refractivity contribution in [2.45, 2.75) is 0 Å². The number of amides is 3. The fourth-order valence-corrected chi connectivity index (χ4v) is 1.43. The second-order valence-electron chi connectivity index (χ2n) is 3.45. The molecule has 0 saturated carbocycles. The molecule has 7 nitrogen and oxygen atoms in total. The molecule has 3 amide bonds. The highest BCUT2D eigenvalue weighted by atomic mass is 35.5. The fourth-order valence-electron chi connectivity index (χ4n) is 1.22. The van der Waals surface area contributed by atoms with Crippen LogP contribution < -0.4 is 16.4 Å². The topological polar surface area (TPSA) is 111 Å². The molecule has 102 valence electrons. The van der Waals surface area contributed by atoms with Crippen molar-refractivity contribution in [1.29, 1.82) is 0 Å². The number of methoxy groups -OCH3 is 1. The van der Waals surface area contributed by atoms with Crippen LogP contribution in [0.3, 0.4) is 0 Å². The monoisotopic (exact) mass is 285 g/mol. The molecule has 0 heterocycles. The lowest BCUT2D eigenvalue weighted by atomic mass is 10.2. The molecule has 1 aromatic carbocycles. The van der Waals surface area contributed by atoms with Crippen molar-refractivity contribution in [3.63, 3.8) is 0 Å². The van der Waals surface area contributed by atoms with Gasteiger partial charge in [0.2, 0.25) is 11.8 Å². The molecule has 0 aromatic heterocycles. The van der Waals surface area contributed by atoms with Crippen molar-refractivity contribution in [2.24, 2.45) is 5.73 Å². The first-order valence-electron chi connectivity index (χ1n) is 5.15. The highest BCUT2D eigenvalue weighted by molar-refractivity contribution is 6.34. The standard InChI is InChI=1S/C11H12ClN3O4/c1-19-11(18)14-5-9(16)15-6-2-3-8(12)7(4-6)10(13)17/h2-4H,5H2,1H3,(H2,13,17)(H,14,18)(H,15,16). The molecule has 0 aliphatic rings. The van der Waals surface area contributed by atoms with Gasteiger partial charge in [0.1, 0.15) is 6.54 Å². The summed E-state index contributed by atoms with van der Waals surface area (Å²) in [4.78, 5) is 33.3. The Morgan fingerprint density at radius 2 is 2.05 bits per heavy atom. The van der Waals surface area contributed by atoms with Gasteiger partial charge >= 0.3 is 6.09 Å². The smallest absolute Gasteiger partial charge is 0.407 e. The third kappa shape index (κ3) is 4.47. The van der Waals surface area contributed by atoms with Gasteiger partial charge in [-0.15, -0.1) is 0 Å². The van der Waals surface area contributed by atoms with E-state index in [1.807, 2.05) is 0 Å². The van der Waals surface area contributed by atoms with E-state index in [-0.39, 0.29) is 17.1 Å². The number of halogens is 1. The van der Waals surface area contributed by atoms with Gasteiger partial charge in [-0.05, 0) is 18.2 Å². The molecule has 0 saturated heterocycles. The minimum atomic E-state index is -0.718. The zero-order valence-corrected chi connectivity index (χ0v) is 10.8. The van der Waals surface area contributed by atoms with Crippen molar-refractivity contribution in [3.8, 4) is 0 Å². The molecule has 0 bridgehead atoms. The number of anilines is 1. The van der Waals surface area contributed by atoms with Crippen LogP contribution >= 0.6 is 11.6 Å². The van der Waals surface area contributed by atoms with Gasteiger partial charge in [0.05, 0.1) is 17.7 Å². The number of benzene rings is 1. The maximum atomic E-state index is 11.5. The first kappa shape index (κ1) is 14.8. The summed E-state index contributed by atoms with van der Waals surface area (Å²) in [6.07, 6.45) is -0.718. The van der Waals surface area contributed by atoms with Gasteiger partial charge in [-0.25, -0.2) is 4.79 Å². The van der Waals surface area contributed by atoms with Crippen LogP contribution in [0.1, 0.15) is 10.4 Å². The second kappa shape index (κ2) is 6.60. The van der Waals surface area contributed by atoms with E-state index in [2.05, 4.69) is 15.4 Å². The van der Waals surface area contributed by atoms with E-state index < -0.39 is 17.9 Å². The molecule has 0 aliphatic heterocycles. The molecule has 19 heavy (non-hydrogen) atoms. The first-order chi connectivity index (χ1) is 8.93. The van der Waals surface area contributed by atoms with Gasteiger partial charge in [0, 0.05) is 5.69 Å². The Balaban J connectivity index is 2.67. The SMILES string of the molecule is COC(=O)NCC(=O)Nc1ccc(Cl)c(C(N)=O)c1. The second-order valence-corrected chi connectivity index (χ2v) is 3.86. The summed E-state index contributed by atoms with van der Waals surface area (Å²) >= 11 is 5.76. The number of nitrogens with one attached hydrogen (secondary N) is 2. The van der Waals surface area contributed by atoms with Crippen LogP contribution in [-0.2, 0) is 9.53 Å². The Morgan fingerprint density at radius 3 is 2.63 bits per heavy atom. The maximum absolute atomic E-state index is 11.5. The molecule has 1 aromatic rings. The first-order valence-corrected chi connectivity index (χ1v) is 5.53. The van der Waals surface area contributed by atoms with E-state index >= 15 is 0 Å². The average molecular weight is 286 g/mol. The molecular weight excluding hydrogens is 274 g/mol. The fraction of sp³-hybridized carbons (Fsp3) is 0.182. The molecule has 8 heteroatoms. The normalized spacial score (nSPS) is 9.58. The van der Waals surface area contributed by atoms with Crippen LogP contribution in [-0.4, -0.2) is 31.6 Å². The number of ether oxygens (including phenoxy) is 1. The van der Waals surface area contributed by atoms with E-state index in [9.17, 15) is 14.4 Å². The molecule has 4 N–H and O–H groups in total. The van der Waals surface area contributed by atoms with Gasteiger partial charge in [-0.2, -0.15) is 0 Å². The molecule has 0 atom stereocenters. The minimum Gasteiger partial charge on any atom is -0.453 e. The highest BCUT2D eigenvalue weighted by Gasteiger charge is 2.10. The van der Waals surface area contributed by atoms with Crippen LogP contribution in [0.15, 0.2) is 18.2 Å². The van der Waals surface area contributed by atoms with Crippen LogP contribution in [0.4, 0.5) is 10.5 Å². The van der Waals surface area contributed by atoms with Gasteiger partial charge in [0.25, 0.3) is 0 Å². The van der Waals surface area contributed by atoms with E-state index in [0.29, 0.717) is 5.69 Å². The summed E-state index contributed by atoms with van der Waals surface area (Å²) in [5, 5.41) is 4.87. The lowest BCUT2D eigenvalue weighted by Gasteiger charge is -2.08. The van der Waals surface area contributed by atoms with Crippen molar-refractivity contribution in [2.75, 3.05) is 19.0 Å². The molecule has 0 spiro atoms. The predicted octanol–water partition coefficient (Wildman–Crippen LogP) is 0.733. The van der Waals surface area contributed by atoms with E-state index in [0.717, 1.165) is 0 Å². The molecular formula is C11H12ClN3O4. The lowest BCUT2D eigenvalue weighted by molar-refractivity contribution is -0.115. The number of hydrogen-bond donors (Lipinski definition) is 3. The number of nitrogens with two attached hydrogens (primary N) is 1. The van der Waals surface area contributed by atoms with E-state index in [4.69, 9.17) is 17.3 Å². The third-order valence-corrected chi connectivity index (χ3v) is 2.42. The van der Waals surface area contributed by atoms with Crippen molar-refractivity contribution >= 4 is 35.2 Å². The number of rotatable bonds is 4. The molecule has 1 rings (SSSR count). The van der Waals surface area contributed by atoms with Crippen molar-refractivity contribution in [3.05, 3.63) is 28.8 Å². The number of primary amides is 1. The van der Waals surface area contributed by atoms with Crippen LogP contribution in [0, 0.1) is 0 Å². The van der Waals surface area contributed by atoms with Gasteiger partial charge in [-0.1, -0.05) is 11.6 Å². The number of carbonyl (C=O) groups is 3. The Bertz CT molecular complexity index is 519. The number of carbonyl (C=O) groups excluding carboxylic acids is 3. The Labute approximate surface area is 114 Å². The quantitative estimate of drug-likeness (QED) is 0.757. The summed E-state index contributed by atoms with van der Waals surface area (Å²) in [6, 6.07) is 4.29. The zero-order chi connectivity index (χ0) is 14.4. The molecule has 0 aliphatic carbocycles. The Morgan fingerprint density at radius 1 is 1.37 bits per heavy atom. The number of alkyl carbamates (subject to hydrolysis) is 1. The van der Waals surface area contributed by atoms with Gasteiger partial charge in [0.15, 0.2) is 0 Å².